The Kier molecular flexibility index (Phi) is 4.61. The fourth-order valence-electron chi connectivity index (χ4n) is 2.88. The summed E-state index contributed by atoms with van der Waals surface area (Å²) in [5.74, 6) is -0.851. The maximum absolute atomic E-state index is 13.4. The van der Waals surface area contributed by atoms with Gasteiger partial charge in [-0.1, -0.05) is 6.07 Å². The molecule has 132 valence electrons. The molecule has 0 spiro atoms. The predicted molar refractivity (Wildman–Crippen MR) is 83.3 cm³/mol. The first kappa shape index (κ1) is 17.2. The van der Waals surface area contributed by atoms with Crippen molar-refractivity contribution in [3.63, 3.8) is 0 Å². The highest BCUT2D eigenvalue weighted by molar-refractivity contribution is 5.97. The summed E-state index contributed by atoms with van der Waals surface area (Å²) in [7, 11) is 1.34. The standard InChI is InChI=1S/C17H16F3N3O2/c1-25-16-12(8-10-4-2-6-13(10)22-16)15(24)23-14(17(18,19)20)11-5-3-7-21-9-11/h3,5,7-9,14H,2,4,6H2,1H3,(H,23,24)/t14-/m0/s1. The highest BCUT2D eigenvalue weighted by Crippen LogP contribution is 2.33. The van der Waals surface area contributed by atoms with Crippen LogP contribution >= 0.6 is 0 Å². The van der Waals surface area contributed by atoms with E-state index in [0.717, 1.165) is 36.7 Å². The molecular weight excluding hydrogens is 335 g/mol. The first-order valence-corrected chi connectivity index (χ1v) is 7.74. The second kappa shape index (κ2) is 6.70. The van der Waals surface area contributed by atoms with Gasteiger partial charge >= 0.3 is 6.18 Å². The van der Waals surface area contributed by atoms with E-state index in [9.17, 15) is 18.0 Å². The summed E-state index contributed by atoms with van der Waals surface area (Å²) in [4.78, 5) is 20.5. The monoisotopic (exact) mass is 351 g/mol. The molecule has 0 aromatic carbocycles. The normalized spacial score (nSPS) is 14.7. The molecular formula is C17H16F3N3O2. The van der Waals surface area contributed by atoms with Gasteiger partial charge in [0.05, 0.1) is 7.11 Å². The number of ether oxygens (including phenoxy) is 1. The van der Waals surface area contributed by atoms with Crippen molar-refractivity contribution in [1.82, 2.24) is 15.3 Å². The fourth-order valence-corrected chi connectivity index (χ4v) is 2.88. The molecule has 0 aliphatic heterocycles. The third kappa shape index (κ3) is 3.57. The number of alkyl halides is 3. The lowest BCUT2D eigenvalue weighted by atomic mass is 10.1. The molecule has 2 aromatic rings. The van der Waals surface area contributed by atoms with Gasteiger partial charge in [0.25, 0.3) is 5.91 Å². The summed E-state index contributed by atoms with van der Waals surface area (Å²) in [6, 6.07) is 2.06. The fraction of sp³-hybridized carbons (Fsp3) is 0.353. The number of nitrogens with zero attached hydrogens (tertiary/aromatic N) is 2. The van der Waals surface area contributed by atoms with Crippen molar-refractivity contribution < 1.29 is 22.7 Å². The summed E-state index contributed by atoms with van der Waals surface area (Å²) < 4.78 is 45.3. The van der Waals surface area contributed by atoms with Crippen molar-refractivity contribution in [1.29, 1.82) is 0 Å². The number of hydrogen-bond acceptors (Lipinski definition) is 4. The van der Waals surface area contributed by atoms with Gasteiger partial charge in [0.2, 0.25) is 5.88 Å². The first-order valence-electron chi connectivity index (χ1n) is 7.74. The third-order valence-electron chi connectivity index (χ3n) is 4.07. The van der Waals surface area contributed by atoms with E-state index in [4.69, 9.17) is 4.74 Å². The van der Waals surface area contributed by atoms with E-state index in [-0.39, 0.29) is 17.0 Å². The molecule has 2 heterocycles. The Morgan fingerprint density at radius 3 is 2.80 bits per heavy atom. The van der Waals surface area contributed by atoms with Crippen LogP contribution in [0.15, 0.2) is 30.6 Å². The van der Waals surface area contributed by atoms with Crippen LogP contribution in [0.2, 0.25) is 0 Å². The van der Waals surface area contributed by atoms with Crippen LogP contribution in [0.25, 0.3) is 0 Å². The lowest BCUT2D eigenvalue weighted by molar-refractivity contribution is -0.155. The number of nitrogens with one attached hydrogen (secondary N) is 1. The minimum atomic E-state index is -4.66. The first-order chi connectivity index (χ1) is 11.9. The summed E-state index contributed by atoms with van der Waals surface area (Å²) in [6.07, 6.45) is 0.211. The molecule has 0 saturated heterocycles. The van der Waals surface area contributed by atoms with E-state index in [0.29, 0.717) is 0 Å². The van der Waals surface area contributed by atoms with E-state index in [1.165, 1.54) is 25.4 Å². The Morgan fingerprint density at radius 2 is 2.16 bits per heavy atom. The van der Waals surface area contributed by atoms with Crippen molar-refractivity contribution in [3.8, 4) is 5.88 Å². The molecule has 2 aromatic heterocycles. The Balaban J connectivity index is 1.92. The molecule has 1 aliphatic carbocycles. The molecule has 0 unspecified atom stereocenters. The van der Waals surface area contributed by atoms with Crippen molar-refractivity contribution in [2.45, 2.75) is 31.5 Å². The van der Waals surface area contributed by atoms with Gasteiger partial charge in [0.15, 0.2) is 6.04 Å². The van der Waals surface area contributed by atoms with Crippen LogP contribution in [-0.4, -0.2) is 29.2 Å². The highest BCUT2D eigenvalue weighted by Gasteiger charge is 2.42. The minimum absolute atomic E-state index is 0.00119. The van der Waals surface area contributed by atoms with Crippen LogP contribution in [0.5, 0.6) is 5.88 Å². The SMILES string of the molecule is COc1nc2c(cc1C(=O)N[C@@H](c1cccnc1)C(F)(F)F)CCC2. The van der Waals surface area contributed by atoms with Crippen LogP contribution in [0.1, 0.15) is 39.6 Å². The average molecular weight is 351 g/mol. The van der Waals surface area contributed by atoms with Gasteiger partial charge in [0.1, 0.15) is 5.56 Å². The maximum Gasteiger partial charge on any atom is 0.412 e. The van der Waals surface area contributed by atoms with Crippen LogP contribution < -0.4 is 10.1 Å². The lowest BCUT2D eigenvalue weighted by Crippen LogP contribution is -2.38. The summed E-state index contributed by atoms with van der Waals surface area (Å²) in [5.41, 5.74) is 1.56. The Labute approximate surface area is 142 Å². The van der Waals surface area contributed by atoms with Crippen molar-refractivity contribution in [2.75, 3.05) is 7.11 Å². The molecule has 25 heavy (non-hydrogen) atoms. The van der Waals surface area contributed by atoms with Gasteiger partial charge in [-0.15, -0.1) is 0 Å². The molecule has 5 nitrogen and oxygen atoms in total. The number of amides is 1. The topological polar surface area (TPSA) is 64.1 Å². The molecule has 1 aliphatic rings. The number of hydrogen-bond donors (Lipinski definition) is 1. The number of carbonyl (C=O) groups is 1. The lowest BCUT2D eigenvalue weighted by Gasteiger charge is -2.22. The van der Waals surface area contributed by atoms with Gasteiger partial charge in [-0.05, 0) is 37.0 Å². The number of carbonyl (C=O) groups excluding carboxylic acids is 1. The number of halogens is 3. The molecule has 1 amide bonds. The van der Waals surface area contributed by atoms with Crippen molar-refractivity contribution >= 4 is 5.91 Å². The molecule has 0 radical (unpaired) electrons. The second-order valence-corrected chi connectivity index (χ2v) is 5.74. The van der Waals surface area contributed by atoms with E-state index in [2.05, 4.69) is 9.97 Å². The quantitative estimate of drug-likeness (QED) is 0.920. The molecule has 0 saturated carbocycles. The van der Waals surface area contributed by atoms with Crippen LogP contribution in [0, 0.1) is 0 Å². The van der Waals surface area contributed by atoms with Gasteiger partial charge in [0, 0.05) is 23.7 Å². The predicted octanol–water partition coefficient (Wildman–Crippen LogP) is 3.01. The number of rotatable bonds is 4. The zero-order valence-electron chi connectivity index (χ0n) is 13.4. The molecule has 1 N–H and O–H groups in total. The molecule has 1 atom stereocenters. The number of methoxy groups -OCH3 is 1. The van der Waals surface area contributed by atoms with E-state index in [1.54, 1.807) is 6.07 Å². The van der Waals surface area contributed by atoms with E-state index >= 15 is 0 Å². The van der Waals surface area contributed by atoms with Gasteiger partial charge in [-0.25, -0.2) is 4.98 Å². The van der Waals surface area contributed by atoms with Crippen LogP contribution in [0.3, 0.4) is 0 Å². The zero-order valence-corrected chi connectivity index (χ0v) is 13.4. The second-order valence-electron chi connectivity index (χ2n) is 5.74. The van der Waals surface area contributed by atoms with Crippen molar-refractivity contribution in [3.05, 3.63) is 53.0 Å². The number of aromatic nitrogens is 2. The third-order valence-corrected chi connectivity index (χ3v) is 4.07. The Bertz CT molecular complexity index is 779. The molecule has 3 rings (SSSR count). The number of pyridine rings is 2. The number of aryl methyl sites for hydroxylation is 2. The molecule has 0 fully saturated rings. The van der Waals surface area contributed by atoms with Gasteiger partial charge in [-0.3, -0.25) is 9.78 Å². The zero-order chi connectivity index (χ0) is 18.0. The Morgan fingerprint density at radius 1 is 1.36 bits per heavy atom. The average Bonchev–Trinajstić information content (AvgIpc) is 3.05. The minimum Gasteiger partial charge on any atom is -0.480 e. The maximum atomic E-state index is 13.4. The molecule has 8 heteroatoms. The number of fused-ring (bicyclic) bond motifs is 1. The van der Waals surface area contributed by atoms with E-state index < -0.39 is 18.1 Å². The highest BCUT2D eigenvalue weighted by atomic mass is 19.4. The summed E-state index contributed by atoms with van der Waals surface area (Å²) in [6.45, 7) is 0. The van der Waals surface area contributed by atoms with Crippen molar-refractivity contribution in [2.24, 2.45) is 0 Å². The smallest absolute Gasteiger partial charge is 0.412 e. The van der Waals surface area contributed by atoms with Gasteiger partial charge < -0.3 is 10.1 Å². The largest absolute Gasteiger partial charge is 0.480 e. The summed E-state index contributed by atoms with van der Waals surface area (Å²) in [5, 5.41) is 2.03. The summed E-state index contributed by atoms with van der Waals surface area (Å²) >= 11 is 0. The van der Waals surface area contributed by atoms with E-state index in [1.807, 2.05) is 5.32 Å². The Hall–Kier alpha value is -2.64. The van der Waals surface area contributed by atoms with Crippen LogP contribution in [-0.2, 0) is 12.8 Å². The van der Waals surface area contributed by atoms with Crippen LogP contribution in [0.4, 0.5) is 13.2 Å². The van der Waals surface area contributed by atoms with Gasteiger partial charge in [-0.2, -0.15) is 13.2 Å². The molecule has 0 bridgehead atoms.